The monoisotopic (exact) mass is 127 g/mol. The van der Waals surface area contributed by atoms with Gasteiger partial charge in [0.15, 0.2) is 0 Å². The van der Waals surface area contributed by atoms with Crippen LogP contribution in [0.4, 0.5) is 5.82 Å². The van der Waals surface area contributed by atoms with Gasteiger partial charge in [-0.3, -0.25) is 4.98 Å². The molecule has 0 aliphatic heterocycles. The van der Waals surface area contributed by atoms with Gasteiger partial charge in [-0.1, -0.05) is 0 Å². The molecular formula is C5H9N3O. The zero-order valence-electron chi connectivity index (χ0n) is 5.43. The van der Waals surface area contributed by atoms with E-state index in [2.05, 4.69) is 9.97 Å². The van der Waals surface area contributed by atoms with E-state index in [0.29, 0.717) is 0 Å². The van der Waals surface area contributed by atoms with Gasteiger partial charge in [0.05, 0.1) is 0 Å². The Balaban J connectivity index is 2.98. The van der Waals surface area contributed by atoms with E-state index < -0.39 is 0 Å². The Labute approximate surface area is 52.5 Å². The first kappa shape index (κ1) is 5.94. The Bertz CT molecular complexity index is 234. The van der Waals surface area contributed by atoms with Crippen molar-refractivity contribution in [2.45, 2.75) is 0 Å². The number of rotatable bonds is 1. The highest BCUT2D eigenvalue weighted by molar-refractivity contribution is 5.32. The highest BCUT2D eigenvalue weighted by atomic mass is 16.1. The fourth-order valence-corrected chi connectivity index (χ4v) is 0.563. The number of H-pyrrole nitrogens is 2. The van der Waals surface area contributed by atoms with Crippen molar-refractivity contribution in [3.05, 3.63) is 16.7 Å². The molecule has 0 bridgehead atoms. The molecule has 0 saturated heterocycles. The van der Waals surface area contributed by atoms with Crippen molar-refractivity contribution >= 4 is 5.82 Å². The van der Waals surface area contributed by atoms with Gasteiger partial charge in [0, 0.05) is 20.3 Å². The predicted octanol–water partition coefficient (Wildman–Crippen LogP) is -0.231. The van der Waals surface area contributed by atoms with Gasteiger partial charge in [0.2, 0.25) is 0 Å². The van der Waals surface area contributed by atoms with Crippen LogP contribution in [-0.4, -0.2) is 24.1 Å². The Morgan fingerprint density at radius 3 is 2.44 bits per heavy atom. The van der Waals surface area contributed by atoms with Gasteiger partial charge < -0.3 is 9.88 Å². The molecule has 0 atom stereocenters. The summed E-state index contributed by atoms with van der Waals surface area (Å²) in [5, 5.41) is 0. The van der Waals surface area contributed by atoms with Crippen molar-refractivity contribution in [1.29, 1.82) is 0 Å². The lowest BCUT2D eigenvalue weighted by molar-refractivity contribution is 1.07. The lowest BCUT2D eigenvalue weighted by Gasteiger charge is -2.05. The second-order valence-electron chi connectivity index (χ2n) is 2.02. The first-order valence-electron chi connectivity index (χ1n) is 2.65. The third-order valence-corrected chi connectivity index (χ3v) is 1.06. The SMILES string of the molecule is CN(C)c1c[nH]c(=O)[nH]1. The molecular weight excluding hydrogens is 118 g/mol. The normalized spacial score (nSPS) is 9.56. The number of nitrogens with one attached hydrogen (secondary N) is 2. The summed E-state index contributed by atoms with van der Waals surface area (Å²) >= 11 is 0. The number of aromatic nitrogens is 2. The third-order valence-electron chi connectivity index (χ3n) is 1.06. The molecule has 0 aliphatic carbocycles. The highest BCUT2D eigenvalue weighted by Gasteiger charge is 1.93. The fourth-order valence-electron chi connectivity index (χ4n) is 0.563. The van der Waals surface area contributed by atoms with Crippen LogP contribution in [0.15, 0.2) is 11.0 Å². The molecule has 0 aromatic carbocycles. The van der Waals surface area contributed by atoms with Crippen LogP contribution in [-0.2, 0) is 0 Å². The summed E-state index contributed by atoms with van der Waals surface area (Å²) < 4.78 is 0. The van der Waals surface area contributed by atoms with Crippen molar-refractivity contribution in [1.82, 2.24) is 9.97 Å². The molecule has 0 radical (unpaired) electrons. The van der Waals surface area contributed by atoms with Gasteiger partial charge in [-0.2, -0.15) is 0 Å². The van der Waals surface area contributed by atoms with Crippen LogP contribution in [0.25, 0.3) is 0 Å². The van der Waals surface area contributed by atoms with E-state index in [1.54, 1.807) is 6.20 Å². The number of anilines is 1. The van der Waals surface area contributed by atoms with Gasteiger partial charge in [-0.25, -0.2) is 4.79 Å². The van der Waals surface area contributed by atoms with Crippen molar-refractivity contribution < 1.29 is 0 Å². The quantitative estimate of drug-likeness (QED) is 0.547. The molecule has 2 N–H and O–H groups in total. The van der Waals surface area contributed by atoms with E-state index in [9.17, 15) is 4.79 Å². The molecule has 50 valence electrons. The largest absolute Gasteiger partial charge is 0.363 e. The van der Waals surface area contributed by atoms with E-state index in [0.717, 1.165) is 5.82 Å². The molecule has 0 aliphatic rings. The number of hydrogen-bond acceptors (Lipinski definition) is 2. The Morgan fingerprint density at radius 2 is 2.22 bits per heavy atom. The molecule has 0 spiro atoms. The number of aromatic amines is 2. The van der Waals surface area contributed by atoms with Crippen LogP contribution in [0, 0.1) is 0 Å². The van der Waals surface area contributed by atoms with Gasteiger partial charge in [-0.05, 0) is 0 Å². The van der Waals surface area contributed by atoms with Gasteiger partial charge in [0.25, 0.3) is 0 Å². The van der Waals surface area contributed by atoms with E-state index in [-0.39, 0.29) is 5.69 Å². The maximum atomic E-state index is 10.5. The molecule has 4 heteroatoms. The Kier molecular flexibility index (Phi) is 1.30. The van der Waals surface area contributed by atoms with Crippen LogP contribution in [0.1, 0.15) is 0 Å². The summed E-state index contributed by atoms with van der Waals surface area (Å²) in [7, 11) is 3.72. The topological polar surface area (TPSA) is 51.9 Å². The van der Waals surface area contributed by atoms with Crippen molar-refractivity contribution in [2.75, 3.05) is 19.0 Å². The van der Waals surface area contributed by atoms with E-state index in [1.165, 1.54) is 0 Å². The van der Waals surface area contributed by atoms with E-state index >= 15 is 0 Å². The zero-order chi connectivity index (χ0) is 6.85. The molecule has 0 amide bonds. The molecule has 4 nitrogen and oxygen atoms in total. The van der Waals surface area contributed by atoms with Gasteiger partial charge in [-0.15, -0.1) is 0 Å². The minimum absolute atomic E-state index is 0.168. The summed E-state index contributed by atoms with van der Waals surface area (Å²) in [6, 6.07) is 0. The smallest absolute Gasteiger partial charge is 0.324 e. The minimum atomic E-state index is -0.168. The summed E-state index contributed by atoms with van der Waals surface area (Å²) in [5.41, 5.74) is -0.168. The second kappa shape index (κ2) is 1.97. The maximum absolute atomic E-state index is 10.5. The van der Waals surface area contributed by atoms with Gasteiger partial charge >= 0.3 is 5.69 Å². The molecule has 1 aromatic rings. The lowest BCUT2D eigenvalue weighted by Crippen LogP contribution is -2.10. The predicted molar refractivity (Wildman–Crippen MR) is 35.7 cm³/mol. The van der Waals surface area contributed by atoms with Gasteiger partial charge in [0.1, 0.15) is 5.82 Å². The standard InChI is InChI=1S/C5H9N3O/c1-8(2)4-3-6-5(9)7-4/h3H,1-2H3,(H2,6,7,9). The van der Waals surface area contributed by atoms with E-state index in [1.807, 2.05) is 19.0 Å². The second-order valence-corrected chi connectivity index (χ2v) is 2.02. The average molecular weight is 127 g/mol. The molecule has 1 heterocycles. The number of nitrogens with zero attached hydrogens (tertiary/aromatic N) is 1. The summed E-state index contributed by atoms with van der Waals surface area (Å²) in [6.07, 6.45) is 1.63. The fraction of sp³-hybridized carbons (Fsp3) is 0.400. The third kappa shape index (κ3) is 1.13. The van der Waals surface area contributed by atoms with Crippen LogP contribution in [0.5, 0.6) is 0 Å². The van der Waals surface area contributed by atoms with Crippen molar-refractivity contribution in [3.8, 4) is 0 Å². The Hall–Kier alpha value is -1.19. The van der Waals surface area contributed by atoms with Crippen LogP contribution < -0.4 is 10.6 Å². The summed E-state index contributed by atoms with van der Waals surface area (Å²) in [4.78, 5) is 17.4. The molecule has 0 fully saturated rings. The first-order valence-corrected chi connectivity index (χ1v) is 2.65. The summed E-state index contributed by atoms with van der Waals surface area (Å²) in [6.45, 7) is 0. The zero-order valence-corrected chi connectivity index (χ0v) is 5.43. The molecule has 1 rings (SSSR count). The maximum Gasteiger partial charge on any atom is 0.324 e. The summed E-state index contributed by atoms with van der Waals surface area (Å²) in [5.74, 6) is 0.792. The first-order chi connectivity index (χ1) is 4.20. The lowest BCUT2D eigenvalue weighted by atomic mass is 10.7. The molecule has 9 heavy (non-hydrogen) atoms. The molecule has 0 saturated carbocycles. The minimum Gasteiger partial charge on any atom is -0.363 e. The van der Waals surface area contributed by atoms with Crippen LogP contribution in [0.3, 0.4) is 0 Å². The Morgan fingerprint density at radius 1 is 1.56 bits per heavy atom. The number of imidazole rings is 1. The highest BCUT2D eigenvalue weighted by Crippen LogP contribution is 1.97. The molecule has 0 unspecified atom stereocenters. The van der Waals surface area contributed by atoms with E-state index in [4.69, 9.17) is 0 Å². The van der Waals surface area contributed by atoms with Crippen molar-refractivity contribution in [2.24, 2.45) is 0 Å². The van der Waals surface area contributed by atoms with Crippen LogP contribution >= 0.6 is 0 Å². The number of hydrogen-bond donors (Lipinski definition) is 2. The average Bonchev–Trinajstić information content (AvgIpc) is 2.14. The molecule has 1 aromatic heterocycles. The van der Waals surface area contributed by atoms with Crippen LogP contribution in [0.2, 0.25) is 0 Å². The van der Waals surface area contributed by atoms with Crippen molar-refractivity contribution in [3.63, 3.8) is 0 Å².